The number of benzene rings is 1. The van der Waals surface area contributed by atoms with Gasteiger partial charge in [-0.05, 0) is 30.5 Å². The molecule has 0 spiro atoms. The Balaban J connectivity index is 1.68. The largest absolute Gasteiger partial charge is 0.354 e. The van der Waals surface area contributed by atoms with Gasteiger partial charge in [-0.15, -0.1) is 5.10 Å². The molecule has 0 N–H and O–H groups in total. The Hall–Kier alpha value is -2.25. The number of carbonyl (C=O) groups is 1. The van der Waals surface area contributed by atoms with Crippen LogP contribution >= 0.6 is 0 Å². The lowest BCUT2D eigenvalue weighted by atomic mass is 10.1. The Morgan fingerprint density at radius 3 is 2.54 bits per heavy atom. The molecule has 1 aliphatic rings. The summed E-state index contributed by atoms with van der Waals surface area (Å²) in [4.78, 5) is 14.7. The average molecular weight is 330 g/mol. The standard InChI is InChI=1S/C17H22N4O3/c1-23-16(24-2)12-21(15-7-8-15)17(22)14-5-3-13(4-6-14)11-20-10-9-18-19-20/h3-6,9-10,15-16H,7-8,11-12H2,1-2H3. The zero-order chi connectivity index (χ0) is 16.9. The zero-order valence-corrected chi connectivity index (χ0v) is 14.0. The van der Waals surface area contributed by atoms with Crippen LogP contribution in [0.4, 0.5) is 0 Å². The number of hydrogen-bond donors (Lipinski definition) is 0. The third kappa shape index (κ3) is 3.98. The highest BCUT2D eigenvalue weighted by Gasteiger charge is 2.34. The van der Waals surface area contributed by atoms with E-state index >= 15 is 0 Å². The molecular formula is C17H22N4O3. The summed E-state index contributed by atoms with van der Waals surface area (Å²) in [6, 6.07) is 7.91. The first kappa shape index (κ1) is 16.6. The van der Waals surface area contributed by atoms with Gasteiger partial charge in [-0.25, -0.2) is 4.68 Å². The van der Waals surface area contributed by atoms with E-state index in [1.165, 1.54) is 0 Å². The van der Waals surface area contributed by atoms with Gasteiger partial charge in [-0.1, -0.05) is 17.3 Å². The third-order valence-corrected chi connectivity index (χ3v) is 4.14. The highest BCUT2D eigenvalue weighted by atomic mass is 16.7. The fourth-order valence-corrected chi connectivity index (χ4v) is 2.61. The molecule has 0 radical (unpaired) electrons. The van der Waals surface area contributed by atoms with Crippen molar-refractivity contribution in [3.8, 4) is 0 Å². The molecule has 2 aromatic rings. The van der Waals surface area contributed by atoms with Gasteiger partial charge >= 0.3 is 0 Å². The van der Waals surface area contributed by atoms with E-state index in [4.69, 9.17) is 9.47 Å². The maximum atomic E-state index is 12.8. The monoisotopic (exact) mass is 330 g/mol. The molecule has 0 aliphatic heterocycles. The summed E-state index contributed by atoms with van der Waals surface area (Å²) >= 11 is 0. The number of amides is 1. The van der Waals surface area contributed by atoms with Crippen molar-refractivity contribution >= 4 is 5.91 Å². The Labute approximate surface area is 141 Å². The molecule has 7 heteroatoms. The highest BCUT2D eigenvalue weighted by Crippen LogP contribution is 2.28. The van der Waals surface area contributed by atoms with Gasteiger partial charge < -0.3 is 14.4 Å². The third-order valence-electron chi connectivity index (χ3n) is 4.14. The molecule has 7 nitrogen and oxygen atoms in total. The molecule has 1 aliphatic carbocycles. The van der Waals surface area contributed by atoms with E-state index in [0.29, 0.717) is 24.7 Å². The summed E-state index contributed by atoms with van der Waals surface area (Å²) < 4.78 is 12.2. The van der Waals surface area contributed by atoms with Gasteiger partial charge in [0.15, 0.2) is 6.29 Å². The Morgan fingerprint density at radius 2 is 2.00 bits per heavy atom. The van der Waals surface area contributed by atoms with Crippen molar-refractivity contribution in [1.82, 2.24) is 19.9 Å². The van der Waals surface area contributed by atoms with E-state index < -0.39 is 6.29 Å². The predicted octanol–water partition coefficient (Wildman–Crippen LogP) is 1.55. The number of hydrogen-bond acceptors (Lipinski definition) is 5. The smallest absolute Gasteiger partial charge is 0.254 e. The summed E-state index contributed by atoms with van der Waals surface area (Å²) in [5, 5.41) is 7.73. The summed E-state index contributed by atoms with van der Waals surface area (Å²) in [5.74, 6) is 0.0175. The van der Waals surface area contributed by atoms with Gasteiger partial charge in [-0.2, -0.15) is 0 Å². The Morgan fingerprint density at radius 1 is 1.29 bits per heavy atom. The number of rotatable bonds is 8. The molecule has 1 aromatic carbocycles. The van der Waals surface area contributed by atoms with E-state index in [-0.39, 0.29) is 5.91 Å². The molecule has 0 atom stereocenters. The van der Waals surface area contributed by atoms with Gasteiger partial charge in [0.05, 0.1) is 19.3 Å². The number of carbonyl (C=O) groups excluding carboxylic acids is 1. The maximum absolute atomic E-state index is 12.8. The van der Waals surface area contributed by atoms with Crippen molar-refractivity contribution in [2.24, 2.45) is 0 Å². The van der Waals surface area contributed by atoms with Crippen molar-refractivity contribution < 1.29 is 14.3 Å². The second-order valence-electron chi connectivity index (χ2n) is 5.89. The van der Waals surface area contributed by atoms with Gasteiger partial charge in [0.2, 0.25) is 0 Å². The summed E-state index contributed by atoms with van der Waals surface area (Å²) in [6.45, 7) is 1.08. The average Bonchev–Trinajstić information content (AvgIpc) is 3.33. The molecule has 1 fully saturated rings. The lowest BCUT2D eigenvalue weighted by Crippen LogP contribution is -2.40. The van der Waals surface area contributed by atoms with Crippen molar-refractivity contribution in [2.75, 3.05) is 20.8 Å². The Kier molecular flexibility index (Phi) is 5.22. The van der Waals surface area contributed by atoms with E-state index in [1.807, 2.05) is 35.4 Å². The Bertz CT molecular complexity index is 649. The van der Waals surface area contributed by atoms with Crippen LogP contribution in [0.1, 0.15) is 28.8 Å². The molecule has 1 saturated carbocycles. The maximum Gasteiger partial charge on any atom is 0.254 e. The van der Waals surface area contributed by atoms with Gasteiger partial charge in [0.1, 0.15) is 0 Å². The van der Waals surface area contributed by atoms with Crippen molar-refractivity contribution in [1.29, 1.82) is 0 Å². The van der Waals surface area contributed by atoms with E-state index in [1.54, 1.807) is 25.1 Å². The number of ether oxygens (including phenoxy) is 2. The fourth-order valence-electron chi connectivity index (χ4n) is 2.61. The van der Waals surface area contributed by atoms with Crippen LogP contribution in [0.5, 0.6) is 0 Å². The zero-order valence-electron chi connectivity index (χ0n) is 14.0. The second kappa shape index (κ2) is 7.55. The molecule has 24 heavy (non-hydrogen) atoms. The number of aromatic nitrogens is 3. The van der Waals surface area contributed by atoms with Crippen molar-refractivity contribution in [3.63, 3.8) is 0 Å². The molecule has 0 unspecified atom stereocenters. The van der Waals surface area contributed by atoms with Crippen molar-refractivity contribution in [2.45, 2.75) is 31.7 Å². The van der Waals surface area contributed by atoms with Crippen molar-refractivity contribution in [3.05, 3.63) is 47.8 Å². The molecule has 1 heterocycles. The molecule has 128 valence electrons. The number of methoxy groups -OCH3 is 2. The van der Waals surface area contributed by atoms with Crippen LogP contribution in [-0.4, -0.2) is 58.9 Å². The minimum absolute atomic E-state index is 0.0175. The van der Waals surface area contributed by atoms with Crippen LogP contribution in [0.15, 0.2) is 36.7 Å². The van der Waals surface area contributed by atoms with Crippen LogP contribution in [0.25, 0.3) is 0 Å². The predicted molar refractivity (Wildman–Crippen MR) is 87.4 cm³/mol. The van der Waals surface area contributed by atoms with E-state index in [9.17, 15) is 4.79 Å². The van der Waals surface area contributed by atoms with E-state index in [0.717, 1.165) is 18.4 Å². The first-order chi connectivity index (χ1) is 11.7. The minimum atomic E-state index is -0.402. The second-order valence-corrected chi connectivity index (χ2v) is 5.89. The van der Waals surface area contributed by atoms with Crippen LogP contribution in [0, 0.1) is 0 Å². The minimum Gasteiger partial charge on any atom is -0.354 e. The first-order valence-corrected chi connectivity index (χ1v) is 8.01. The molecule has 3 rings (SSSR count). The molecule has 0 bridgehead atoms. The SMILES string of the molecule is COC(CN(C(=O)c1ccc(Cn2ccnn2)cc1)C1CC1)OC. The molecule has 1 aromatic heterocycles. The normalized spacial score (nSPS) is 14.1. The molecule has 0 saturated heterocycles. The van der Waals surface area contributed by atoms with Gasteiger partial charge in [0.25, 0.3) is 5.91 Å². The van der Waals surface area contributed by atoms with Crippen LogP contribution < -0.4 is 0 Å². The summed E-state index contributed by atoms with van der Waals surface area (Å²) in [7, 11) is 3.17. The van der Waals surface area contributed by atoms with Gasteiger partial charge in [-0.3, -0.25) is 4.79 Å². The van der Waals surface area contributed by atoms with E-state index in [2.05, 4.69) is 10.3 Å². The highest BCUT2D eigenvalue weighted by molar-refractivity contribution is 5.94. The number of nitrogens with zero attached hydrogens (tertiary/aromatic N) is 4. The lowest BCUT2D eigenvalue weighted by molar-refractivity contribution is -0.112. The summed E-state index contributed by atoms with van der Waals surface area (Å²) in [6.07, 6.45) is 5.13. The fraction of sp³-hybridized carbons (Fsp3) is 0.471. The molecular weight excluding hydrogens is 308 g/mol. The van der Waals surface area contributed by atoms with Crippen LogP contribution in [-0.2, 0) is 16.0 Å². The lowest BCUT2D eigenvalue weighted by Gasteiger charge is -2.26. The van der Waals surface area contributed by atoms with Gasteiger partial charge in [0, 0.05) is 32.0 Å². The summed E-state index contributed by atoms with van der Waals surface area (Å²) in [5.41, 5.74) is 1.75. The quantitative estimate of drug-likeness (QED) is 0.687. The topological polar surface area (TPSA) is 69.5 Å². The first-order valence-electron chi connectivity index (χ1n) is 8.01. The van der Waals surface area contributed by atoms with Crippen LogP contribution in [0.2, 0.25) is 0 Å². The molecule has 1 amide bonds. The van der Waals surface area contributed by atoms with Crippen LogP contribution in [0.3, 0.4) is 0 Å².